The summed E-state index contributed by atoms with van der Waals surface area (Å²) in [7, 11) is 0. The van der Waals surface area contributed by atoms with Crippen molar-refractivity contribution in [1.29, 1.82) is 0 Å². The summed E-state index contributed by atoms with van der Waals surface area (Å²) in [6.45, 7) is 0. The predicted octanol–water partition coefficient (Wildman–Crippen LogP) is 3.61. The minimum absolute atomic E-state index is 0.127. The van der Waals surface area contributed by atoms with E-state index >= 15 is 0 Å². The second-order valence-corrected chi connectivity index (χ2v) is 6.50. The highest BCUT2D eigenvalue weighted by atomic mass is 32.2. The Morgan fingerprint density at radius 3 is 2.86 bits per heavy atom. The molecule has 1 fully saturated rings. The second-order valence-electron chi connectivity index (χ2n) is 5.46. The first kappa shape index (κ1) is 14.2. The zero-order valence-electron chi connectivity index (χ0n) is 11.8. The van der Waals surface area contributed by atoms with Gasteiger partial charge in [-0.25, -0.2) is 0 Å². The number of oxime groups is 1. The van der Waals surface area contributed by atoms with Gasteiger partial charge in [-0.3, -0.25) is 4.98 Å². The van der Waals surface area contributed by atoms with E-state index in [1.54, 1.807) is 18.0 Å². The average molecular weight is 301 g/mol. The van der Waals surface area contributed by atoms with Crippen molar-refractivity contribution >= 4 is 28.5 Å². The summed E-state index contributed by atoms with van der Waals surface area (Å²) >= 11 is 1.81. The number of benzene rings is 1. The van der Waals surface area contributed by atoms with Crippen molar-refractivity contribution in [2.24, 2.45) is 16.8 Å². The second kappa shape index (κ2) is 6.35. The summed E-state index contributed by atoms with van der Waals surface area (Å²) in [5.41, 5.74) is 7.48. The summed E-state index contributed by atoms with van der Waals surface area (Å²) in [6.07, 6.45) is 7.02. The monoisotopic (exact) mass is 301 g/mol. The van der Waals surface area contributed by atoms with Gasteiger partial charge in [-0.05, 0) is 24.8 Å². The van der Waals surface area contributed by atoms with E-state index in [1.165, 1.54) is 25.7 Å². The maximum Gasteiger partial charge on any atom is 0.172 e. The number of aromatic nitrogens is 1. The molecule has 0 spiro atoms. The van der Waals surface area contributed by atoms with Crippen molar-refractivity contribution in [1.82, 2.24) is 4.98 Å². The van der Waals surface area contributed by atoms with Crippen LogP contribution in [0.1, 0.15) is 31.2 Å². The lowest BCUT2D eigenvalue weighted by Crippen LogP contribution is -2.15. The lowest BCUT2D eigenvalue weighted by Gasteiger charge is -2.13. The molecule has 1 aromatic carbocycles. The first-order valence-electron chi connectivity index (χ1n) is 7.28. The Balaban J connectivity index is 1.98. The number of nitrogens with two attached hydrogens (primary N) is 1. The first-order valence-corrected chi connectivity index (χ1v) is 8.26. The molecular weight excluding hydrogens is 282 g/mol. The number of hydrogen-bond donors (Lipinski definition) is 2. The molecule has 3 rings (SSSR count). The van der Waals surface area contributed by atoms with Crippen LogP contribution in [0.5, 0.6) is 0 Å². The molecule has 1 aliphatic rings. The first-order chi connectivity index (χ1) is 10.3. The molecule has 21 heavy (non-hydrogen) atoms. The topological polar surface area (TPSA) is 71.5 Å². The SMILES string of the molecule is NC(=NO)c1cnc2ccccc2c1SCC1CCCC1. The summed E-state index contributed by atoms with van der Waals surface area (Å²) in [5, 5.41) is 13.2. The van der Waals surface area contributed by atoms with Crippen molar-refractivity contribution < 1.29 is 5.21 Å². The van der Waals surface area contributed by atoms with Crippen LogP contribution in [0.4, 0.5) is 0 Å². The fraction of sp³-hybridized carbons (Fsp3) is 0.375. The van der Waals surface area contributed by atoms with Crippen molar-refractivity contribution in [2.45, 2.75) is 30.6 Å². The highest BCUT2D eigenvalue weighted by molar-refractivity contribution is 7.99. The number of hydrogen-bond acceptors (Lipinski definition) is 4. The highest BCUT2D eigenvalue weighted by Crippen LogP contribution is 2.35. The van der Waals surface area contributed by atoms with Crippen molar-refractivity contribution in [3.05, 3.63) is 36.0 Å². The predicted molar refractivity (Wildman–Crippen MR) is 86.9 cm³/mol. The number of fused-ring (bicyclic) bond motifs is 1. The molecule has 1 saturated carbocycles. The van der Waals surface area contributed by atoms with Crippen LogP contribution in [0, 0.1) is 5.92 Å². The van der Waals surface area contributed by atoms with Gasteiger partial charge < -0.3 is 10.9 Å². The van der Waals surface area contributed by atoms with E-state index in [9.17, 15) is 0 Å². The third-order valence-corrected chi connectivity index (χ3v) is 5.41. The van der Waals surface area contributed by atoms with Crippen molar-refractivity contribution in [3.63, 3.8) is 0 Å². The maximum absolute atomic E-state index is 8.99. The molecule has 2 aromatic rings. The third kappa shape index (κ3) is 2.97. The van der Waals surface area contributed by atoms with Crippen LogP contribution in [0.3, 0.4) is 0 Å². The van der Waals surface area contributed by atoms with Crippen LogP contribution in [0.2, 0.25) is 0 Å². The van der Waals surface area contributed by atoms with Gasteiger partial charge in [0.25, 0.3) is 0 Å². The fourth-order valence-electron chi connectivity index (χ4n) is 2.89. The van der Waals surface area contributed by atoms with Gasteiger partial charge in [0.15, 0.2) is 5.84 Å². The van der Waals surface area contributed by atoms with Crippen LogP contribution in [-0.2, 0) is 0 Å². The molecule has 0 aliphatic heterocycles. The molecule has 0 amide bonds. The summed E-state index contributed by atoms with van der Waals surface area (Å²) in [5.74, 6) is 1.99. The molecule has 5 heteroatoms. The number of nitrogens with zero attached hydrogens (tertiary/aromatic N) is 2. The lowest BCUT2D eigenvalue weighted by molar-refractivity contribution is 0.318. The molecule has 4 nitrogen and oxygen atoms in total. The summed E-state index contributed by atoms with van der Waals surface area (Å²) < 4.78 is 0. The molecule has 0 unspecified atom stereocenters. The molecule has 1 aliphatic carbocycles. The molecule has 110 valence electrons. The van der Waals surface area contributed by atoms with E-state index in [-0.39, 0.29) is 5.84 Å². The molecule has 0 saturated heterocycles. The highest BCUT2D eigenvalue weighted by Gasteiger charge is 2.18. The molecule has 0 bridgehead atoms. The summed E-state index contributed by atoms with van der Waals surface area (Å²) in [6, 6.07) is 8.02. The van der Waals surface area contributed by atoms with Gasteiger partial charge in [0, 0.05) is 22.2 Å². The standard InChI is InChI=1S/C16H19N3OS/c17-16(19-20)13-9-18-14-8-4-3-7-12(14)15(13)21-10-11-5-1-2-6-11/h3-4,7-9,11,20H,1-2,5-6,10H2,(H2,17,19). The molecule has 1 aromatic heterocycles. The minimum atomic E-state index is 0.127. The number of para-hydroxylation sites is 1. The van der Waals surface area contributed by atoms with E-state index < -0.39 is 0 Å². The van der Waals surface area contributed by atoms with Gasteiger partial charge in [-0.2, -0.15) is 0 Å². The summed E-state index contributed by atoms with van der Waals surface area (Å²) in [4.78, 5) is 5.48. The molecule has 1 heterocycles. The zero-order valence-corrected chi connectivity index (χ0v) is 12.6. The molecule has 3 N–H and O–H groups in total. The zero-order chi connectivity index (χ0) is 14.7. The van der Waals surface area contributed by atoms with E-state index in [2.05, 4.69) is 10.1 Å². The van der Waals surface area contributed by atoms with Gasteiger partial charge in [0.05, 0.1) is 11.1 Å². The van der Waals surface area contributed by atoms with Gasteiger partial charge in [-0.15, -0.1) is 11.8 Å². The number of amidine groups is 1. The minimum Gasteiger partial charge on any atom is -0.409 e. The maximum atomic E-state index is 8.99. The van der Waals surface area contributed by atoms with Crippen LogP contribution in [0.15, 0.2) is 40.5 Å². The Labute approximate surface area is 128 Å². The smallest absolute Gasteiger partial charge is 0.172 e. The Morgan fingerprint density at radius 2 is 2.10 bits per heavy atom. The van der Waals surface area contributed by atoms with Crippen LogP contribution < -0.4 is 5.73 Å². The van der Waals surface area contributed by atoms with Crippen LogP contribution in [0.25, 0.3) is 10.9 Å². The lowest BCUT2D eigenvalue weighted by atomic mass is 10.1. The van der Waals surface area contributed by atoms with Gasteiger partial charge in [0.1, 0.15) is 0 Å². The largest absolute Gasteiger partial charge is 0.409 e. The van der Waals surface area contributed by atoms with Crippen molar-refractivity contribution in [2.75, 3.05) is 5.75 Å². The quantitative estimate of drug-likeness (QED) is 0.297. The number of rotatable bonds is 4. The van der Waals surface area contributed by atoms with E-state index in [0.29, 0.717) is 0 Å². The van der Waals surface area contributed by atoms with Crippen LogP contribution >= 0.6 is 11.8 Å². The number of pyridine rings is 1. The van der Waals surface area contributed by atoms with Gasteiger partial charge in [0.2, 0.25) is 0 Å². The number of thioether (sulfide) groups is 1. The Hall–Kier alpha value is -1.75. The average Bonchev–Trinajstić information content (AvgIpc) is 3.05. The third-order valence-electron chi connectivity index (χ3n) is 4.05. The molecule has 0 radical (unpaired) electrons. The van der Waals surface area contributed by atoms with E-state index in [0.717, 1.165) is 33.0 Å². The normalized spacial score (nSPS) is 16.7. The fourth-order valence-corrected chi connectivity index (χ4v) is 4.26. The van der Waals surface area contributed by atoms with Crippen molar-refractivity contribution in [3.8, 4) is 0 Å². The van der Waals surface area contributed by atoms with E-state index in [4.69, 9.17) is 10.9 Å². The molecule has 0 atom stereocenters. The molecular formula is C16H19N3OS. The Morgan fingerprint density at radius 1 is 1.33 bits per heavy atom. The van der Waals surface area contributed by atoms with E-state index in [1.807, 2.05) is 24.3 Å². The van der Waals surface area contributed by atoms with Crippen LogP contribution in [-0.4, -0.2) is 21.8 Å². The van der Waals surface area contributed by atoms with Gasteiger partial charge >= 0.3 is 0 Å². The van der Waals surface area contributed by atoms with Gasteiger partial charge in [-0.1, -0.05) is 36.2 Å². The Kier molecular flexibility index (Phi) is 4.29. The Bertz CT molecular complexity index is 666.